The Morgan fingerprint density at radius 2 is 1.79 bits per heavy atom. The fourth-order valence-electron chi connectivity index (χ4n) is 3.77. The first-order valence-corrected chi connectivity index (χ1v) is 9.99. The van der Waals surface area contributed by atoms with Gasteiger partial charge in [0, 0.05) is 37.8 Å². The first-order valence-electron chi connectivity index (χ1n) is 9.99. The molecule has 150 valence electrons. The van der Waals surface area contributed by atoms with E-state index in [-0.39, 0.29) is 18.3 Å². The van der Waals surface area contributed by atoms with Crippen molar-refractivity contribution in [1.29, 1.82) is 0 Å². The van der Waals surface area contributed by atoms with Gasteiger partial charge in [-0.05, 0) is 45.1 Å². The minimum Gasteiger partial charge on any atom is -0.447 e. The van der Waals surface area contributed by atoms with Gasteiger partial charge in [0.15, 0.2) is 0 Å². The average Bonchev–Trinajstić information content (AvgIpc) is 2.96. The summed E-state index contributed by atoms with van der Waals surface area (Å²) in [6.45, 7) is 5.40. The number of benzene rings is 1. The zero-order valence-electron chi connectivity index (χ0n) is 17.0. The molecule has 1 amide bonds. The lowest BCUT2D eigenvalue weighted by molar-refractivity contribution is -0.161. The van der Waals surface area contributed by atoms with Gasteiger partial charge in [-0.3, -0.25) is 14.3 Å². The minimum atomic E-state index is -0.872. The Bertz CT molecular complexity index is 823. The molecule has 1 fully saturated rings. The van der Waals surface area contributed by atoms with Crippen LogP contribution in [0.15, 0.2) is 30.3 Å². The first kappa shape index (κ1) is 20.1. The van der Waals surface area contributed by atoms with Crippen molar-refractivity contribution in [3.8, 4) is 0 Å². The second-order valence-corrected chi connectivity index (χ2v) is 7.44. The van der Waals surface area contributed by atoms with Crippen molar-refractivity contribution in [3.63, 3.8) is 0 Å². The summed E-state index contributed by atoms with van der Waals surface area (Å²) in [5.74, 6) is -0.477. The molecule has 1 aromatic carbocycles. The predicted octanol–water partition coefficient (Wildman–Crippen LogP) is 3.27. The van der Waals surface area contributed by atoms with E-state index in [0.717, 1.165) is 54.9 Å². The summed E-state index contributed by atoms with van der Waals surface area (Å²) < 4.78 is 7.52. The van der Waals surface area contributed by atoms with Crippen LogP contribution in [0.4, 0.5) is 0 Å². The van der Waals surface area contributed by atoms with Crippen LogP contribution in [0.25, 0.3) is 0 Å². The Kier molecular flexibility index (Phi) is 6.49. The number of hydrogen-bond acceptors (Lipinski definition) is 4. The monoisotopic (exact) mass is 383 g/mol. The van der Waals surface area contributed by atoms with E-state index in [4.69, 9.17) is 4.74 Å². The second kappa shape index (κ2) is 9.04. The third kappa shape index (κ3) is 4.61. The lowest BCUT2D eigenvalue weighted by Crippen LogP contribution is -2.40. The van der Waals surface area contributed by atoms with Crippen molar-refractivity contribution in [2.45, 2.75) is 52.1 Å². The fourth-order valence-corrected chi connectivity index (χ4v) is 3.77. The molecule has 2 heterocycles. The van der Waals surface area contributed by atoms with E-state index in [0.29, 0.717) is 6.42 Å². The number of nitrogens with zero attached hydrogens (tertiary/aromatic N) is 3. The molecule has 1 aliphatic heterocycles. The molecule has 0 aliphatic carbocycles. The van der Waals surface area contributed by atoms with E-state index in [1.807, 2.05) is 60.8 Å². The molecule has 0 N–H and O–H groups in total. The quantitative estimate of drug-likeness (QED) is 0.718. The maximum absolute atomic E-state index is 13.1. The number of aryl methyl sites for hydroxylation is 2. The summed E-state index contributed by atoms with van der Waals surface area (Å²) in [6.07, 6.45) is 3.06. The highest BCUT2D eigenvalue weighted by atomic mass is 16.5. The zero-order chi connectivity index (χ0) is 20.1. The Morgan fingerprint density at radius 1 is 1.11 bits per heavy atom. The van der Waals surface area contributed by atoms with Crippen LogP contribution < -0.4 is 0 Å². The van der Waals surface area contributed by atoms with E-state index in [1.165, 1.54) is 0 Å². The minimum absolute atomic E-state index is 0.118. The number of aromatic nitrogens is 2. The van der Waals surface area contributed by atoms with Crippen LogP contribution in [0.1, 0.15) is 54.3 Å². The number of carbonyl (C=O) groups excluding carboxylic acids is 2. The van der Waals surface area contributed by atoms with Crippen molar-refractivity contribution in [1.82, 2.24) is 14.7 Å². The highest BCUT2D eigenvalue weighted by molar-refractivity contribution is 5.85. The number of likely N-dealkylation sites (tertiary alicyclic amines) is 1. The normalized spacial score (nSPS) is 15.3. The van der Waals surface area contributed by atoms with Gasteiger partial charge in [-0.25, -0.2) is 0 Å². The fraction of sp³-hybridized carbons (Fsp3) is 0.500. The van der Waals surface area contributed by atoms with Gasteiger partial charge in [-0.2, -0.15) is 5.10 Å². The van der Waals surface area contributed by atoms with Crippen molar-refractivity contribution in [3.05, 3.63) is 52.8 Å². The summed E-state index contributed by atoms with van der Waals surface area (Å²) in [4.78, 5) is 27.5. The zero-order valence-corrected chi connectivity index (χ0v) is 17.0. The van der Waals surface area contributed by atoms with Gasteiger partial charge < -0.3 is 9.64 Å². The summed E-state index contributed by atoms with van der Waals surface area (Å²) >= 11 is 0. The molecule has 2 aromatic rings. The topological polar surface area (TPSA) is 64.4 Å². The van der Waals surface area contributed by atoms with Gasteiger partial charge in [-0.1, -0.05) is 30.3 Å². The van der Waals surface area contributed by atoms with Crippen LogP contribution >= 0.6 is 0 Å². The van der Waals surface area contributed by atoms with Crippen LogP contribution in [0.5, 0.6) is 0 Å². The van der Waals surface area contributed by atoms with Gasteiger partial charge in [0.25, 0.3) is 5.91 Å². The van der Waals surface area contributed by atoms with E-state index in [9.17, 15) is 9.59 Å². The van der Waals surface area contributed by atoms with E-state index >= 15 is 0 Å². The van der Waals surface area contributed by atoms with Crippen molar-refractivity contribution < 1.29 is 14.3 Å². The Labute approximate surface area is 166 Å². The van der Waals surface area contributed by atoms with E-state index in [2.05, 4.69) is 5.10 Å². The van der Waals surface area contributed by atoms with Crippen LogP contribution in [0.3, 0.4) is 0 Å². The molecule has 3 rings (SSSR count). The molecule has 6 heteroatoms. The maximum Gasteiger partial charge on any atom is 0.307 e. The van der Waals surface area contributed by atoms with Crippen LogP contribution in [0.2, 0.25) is 0 Å². The van der Waals surface area contributed by atoms with Gasteiger partial charge in [0.2, 0.25) is 6.10 Å². The number of amides is 1. The van der Waals surface area contributed by atoms with Gasteiger partial charge in [-0.15, -0.1) is 0 Å². The SMILES string of the molecule is Cc1nn(C)c(C)c1CCC(=O)OC(C(=O)N1CCCCC1)c1ccccc1. The summed E-state index contributed by atoms with van der Waals surface area (Å²) in [5.41, 5.74) is 3.77. The Hall–Kier alpha value is -2.63. The highest BCUT2D eigenvalue weighted by Gasteiger charge is 2.30. The van der Waals surface area contributed by atoms with Crippen molar-refractivity contribution in [2.75, 3.05) is 13.1 Å². The van der Waals surface area contributed by atoms with Gasteiger partial charge >= 0.3 is 5.97 Å². The smallest absolute Gasteiger partial charge is 0.307 e. The second-order valence-electron chi connectivity index (χ2n) is 7.44. The van der Waals surface area contributed by atoms with Crippen LogP contribution in [-0.2, 0) is 27.8 Å². The third-order valence-electron chi connectivity index (χ3n) is 5.48. The first-order chi connectivity index (χ1) is 13.5. The largest absolute Gasteiger partial charge is 0.447 e. The van der Waals surface area contributed by atoms with Crippen LogP contribution in [-0.4, -0.2) is 39.6 Å². The molecular weight excluding hydrogens is 354 g/mol. The number of ether oxygens (including phenoxy) is 1. The molecule has 0 saturated carbocycles. The molecule has 1 saturated heterocycles. The van der Waals surface area contributed by atoms with Gasteiger partial charge in [0.1, 0.15) is 0 Å². The maximum atomic E-state index is 13.1. The third-order valence-corrected chi connectivity index (χ3v) is 5.48. The number of rotatable bonds is 6. The Morgan fingerprint density at radius 3 is 2.39 bits per heavy atom. The van der Waals surface area contributed by atoms with Crippen molar-refractivity contribution in [2.24, 2.45) is 7.05 Å². The molecule has 6 nitrogen and oxygen atoms in total. The van der Waals surface area contributed by atoms with E-state index in [1.54, 1.807) is 0 Å². The predicted molar refractivity (Wildman–Crippen MR) is 107 cm³/mol. The molecule has 1 aromatic heterocycles. The summed E-state index contributed by atoms with van der Waals surface area (Å²) in [6, 6.07) is 9.30. The summed E-state index contributed by atoms with van der Waals surface area (Å²) in [7, 11) is 1.90. The van der Waals surface area contributed by atoms with E-state index < -0.39 is 6.10 Å². The lowest BCUT2D eigenvalue weighted by Gasteiger charge is -2.30. The number of piperidine rings is 1. The van der Waals surface area contributed by atoms with Gasteiger partial charge in [0.05, 0.1) is 5.69 Å². The molecule has 0 spiro atoms. The standard InChI is InChI=1S/C22H29N3O3/c1-16-19(17(2)24(3)23-16)12-13-20(26)28-21(18-10-6-4-7-11-18)22(27)25-14-8-5-9-15-25/h4,6-7,10-11,21H,5,8-9,12-15H2,1-3H3. The van der Waals surface area contributed by atoms with Crippen molar-refractivity contribution >= 4 is 11.9 Å². The highest BCUT2D eigenvalue weighted by Crippen LogP contribution is 2.24. The molecular formula is C22H29N3O3. The molecule has 1 unspecified atom stereocenters. The number of hydrogen-bond donors (Lipinski definition) is 0. The molecule has 1 atom stereocenters. The average molecular weight is 383 g/mol. The summed E-state index contributed by atoms with van der Waals surface area (Å²) in [5, 5.41) is 4.39. The molecule has 28 heavy (non-hydrogen) atoms. The molecule has 0 bridgehead atoms. The Balaban J connectivity index is 1.70. The van der Waals surface area contributed by atoms with Crippen LogP contribution in [0, 0.1) is 13.8 Å². The number of carbonyl (C=O) groups is 2. The lowest BCUT2D eigenvalue weighted by atomic mass is 10.1. The molecule has 1 aliphatic rings. The number of esters is 1. The molecule has 0 radical (unpaired) electrons.